The van der Waals surface area contributed by atoms with Crippen LogP contribution in [0, 0.1) is 0 Å². The number of amides is 2. The molecule has 2 atom stereocenters. The smallest absolute Gasteiger partial charge is 0.264 e. The number of sulfonamides is 1. The zero-order valence-corrected chi connectivity index (χ0v) is 26.9. The highest BCUT2D eigenvalue weighted by Crippen LogP contribution is 2.27. The molecule has 0 unspecified atom stereocenters. The Hall–Kier alpha value is -3.85. The molecule has 4 aromatic rings. The van der Waals surface area contributed by atoms with Crippen molar-refractivity contribution in [2.24, 2.45) is 0 Å². The van der Waals surface area contributed by atoms with E-state index in [1.54, 1.807) is 66.7 Å². The van der Waals surface area contributed by atoms with E-state index in [9.17, 15) is 18.0 Å². The molecule has 4 aromatic carbocycles. The predicted octanol–water partition coefficient (Wildman–Crippen LogP) is 6.74. The number of rotatable bonds is 13. The van der Waals surface area contributed by atoms with Crippen molar-refractivity contribution in [1.29, 1.82) is 0 Å². The number of benzene rings is 4. The largest absolute Gasteiger partial charge is 0.352 e. The molecule has 0 heterocycles. The van der Waals surface area contributed by atoms with Crippen molar-refractivity contribution in [1.82, 2.24) is 10.2 Å². The Kier molecular flexibility index (Phi) is 11.4. The first-order valence-electron chi connectivity index (χ1n) is 14.3. The van der Waals surface area contributed by atoms with Gasteiger partial charge < -0.3 is 10.2 Å². The van der Waals surface area contributed by atoms with E-state index in [4.69, 9.17) is 23.2 Å². The Morgan fingerprint density at radius 3 is 1.98 bits per heavy atom. The normalized spacial score (nSPS) is 12.6. The Morgan fingerprint density at radius 2 is 1.39 bits per heavy atom. The summed E-state index contributed by atoms with van der Waals surface area (Å²) in [6, 6.07) is 29.7. The number of carbonyl (C=O) groups is 2. The van der Waals surface area contributed by atoms with Crippen LogP contribution in [0.25, 0.3) is 0 Å². The number of hydrogen-bond acceptors (Lipinski definition) is 4. The Morgan fingerprint density at radius 1 is 0.795 bits per heavy atom. The van der Waals surface area contributed by atoms with Gasteiger partial charge >= 0.3 is 0 Å². The van der Waals surface area contributed by atoms with Gasteiger partial charge in [0.05, 0.1) is 20.6 Å². The molecule has 0 radical (unpaired) electrons. The molecule has 0 fully saturated rings. The maximum atomic E-state index is 14.4. The second-order valence-electron chi connectivity index (χ2n) is 10.5. The summed E-state index contributed by atoms with van der Waals surface area (Å²) < 4.78 is 29.0. The van der Waals surface area contributed by atoms with E-state index in [1.165, 1.54) is 17.0 Å². The molecule has 0 saturated carbocycles. The summed E-state index contributed by atoms with van der Waals surface area (Å²) in [6.07, 6.45) is 0.911. The van der Waals surface area contributed by atoms with E-state index in [1.807, 2.05) is 44.2 Å². The van der Waals surface area contributed by atoms with Crippen LogP contribution in [0.15, 0.2) is 114 Å². The van der Waals surface area contributed by atoms with Crippen molar-refractivity contribution in [3.05, 3.63) is 130 Å². The van der Waals surface area contributed by atoms with Gasteiger partial charge in [0, 0.05) is 19.0 Å². The van der Waals surface area contributed by atoms with Gasteiger partial charge in [-0.1, -0.05) is 103 Å². The fraction of sp³-hybridized carbons (Fsp3) is 0.235. The lowest BCUT2D eigenvalue weighted by Crippen LogP contribution is -2.54. The molecule has 0 aliphatic rings. The van der Waals surface area contributed by atoms with E-state index < -0.39 is 28.5 Å². The van der Waals surface area contributed by atoms with Gasteiger partial charge in [-0.3, -0.25) is 13.9 Å². The number of nitrogens with zero attached hydrogens (tertiary/aromatic N) is 2. The highest BCUT2D eigenvalue weighted by molar-refractivity contribution is 7.92. The lowest BCUT2D eigenvalue weighted by molar-refractivity contribution is -0.140. The number of hydrogen-bond donors (Lipinski definition) is 1. The van der Waals surface area contributed by atoms with Crippen LogP contribution >= 0.6 is 23.2 Å². The van der Waals surface area contributed by atoms with Gasteiger partial charge in [0.15, 0.2) is 0 Å². The van der Waals surface area contributed by atoms with Gasteiger partial charge in [-0.05, 0) is 60.9 Å². The van der Waals surface area contributed by atoms with Crippen molar-refractivity contribution < 1.29 is 18.0 Å². The number of anilines is 1. The van der Waals surface area contributed by atoms with E-state index in [2.05, 4.69) is 5.32 Å². The van der Waals surface area contributed by atoms with Crippen molar-refractivity contribution in [2.45, 2.75) is 50.2 Å². The topological polar surface area (TPSA) is 86.8 Å². The van der Waals surface area contributed by atoms with E-state index in [0.717, 1.165) is 9.87 Å². The SMILES string of the molecule is CC[C@H](C)NC(=O)[C@H](Cc1ccccc1)N(Cc1ccc(Cl)c(Cl)c1)C(=O)CN(c1ccccc1)S(=O)(=O)c1ccccc1. The molecule has 0 aliphatic heterocycles. The minimum absolute atomic E-state index is 0.00480. The molecule has 0 bridgehead atoms. The predicted molar refractivity (Wildman–Crippen MR) is 176 cm³/mol. The lowest BCUT2D eigenvalue weighted by atomic mass is 10.0. The van der Waals surface area contributed by atoms with Crippen LogP contribution in [0.1, 0.15) is 31.4 Å². The molecule has 7 nitrogen and oxygen atoms in total. The standard InChI is InChI=1S/C34H35Cl2N3O4S/c1-3-25(2)37-34(41)32(22-26-13-7-4-8-14-26)38(23-27-19-20-30(35)31(36)21-27)33(40)24-39(28-15-9-5-10-16-28)44(42,43)29-17-11-6-12-18-29/h4-21,25,32H,3,22-24H2,1-2H3,(H,37,41)/t25-,32-/m0/s1. The molecule has 44 heavy (non-hydrogen) atoms. The van der Waals surface area contributed by atoms with Gasteiger partial charge in [-0.2, -0.15) is 0 Å². The fourth-order valence-electron chi connectivity index (χ4n) is 4.67. The second-order valence-corrected chi connectivity index (χ2v) is 13.1. The minimum atomic E-state index is -4.15. The van der Waals surface area contributed by atoms with Crippen molar-refractivity contribution in [3.8, 4) is 0 Å². The zero-order valence-electron chi connectivity index (χ0n) is 24.6. The number of nitrogens with one attached hydrogen (secondary N) is 1. The van der Waals surface area contributed by atoms with Crippen LogP contribution in [0.4, 0.5) is 5.69 Å². The maximum absolute atomic E-state index is 14.4. The molecule has 1 N–H and O–H groups in total. The highest BCUT2D eigenvalue weighted by atomic mass is 35.5. The molecule has 0 aromatic heterocycles. The lowest BCUT2D eigenvalue weighted by Gasteiger charge is -2.34. The van der Waals surface area contributed by atoms with Gasteiger partial charge in [-0.15, -0.1) is 0 Å². The minimum Gasteiger partial charge on any atom is -0.352 e. The quantitative estimate of drug-likeness (QED) is 0.173. The van der Waals surface area contributed by atoms with Crippen LogP contribution in [-0.4, -0.2) is 43.8 Å². The molecule has 0 saturated heterocycles. The zero-order chi connectivity index (χ0) is 31.7. The van der Waals surface area contributed by atoms with Crippen LogP contribution in [0.5, 0.6) is 0 Å². The third-order valence-corrected chi connectivity index (χ3v) is 9.79. The summed E-state index contributed by atoms with van der Waals surface area (Å²) >= 11 is 12.5. The number of halogens is 2. The van der Waals surface area contributed by atoms with E-state index in [-0.39, 0.29) is 29.8 Å². The first-order chi connectivity index (χ1) is 21.1. The van der Waals surface area contributed by atoms with E-state index >= 15 is 0 Å². The van der Waals surface area contributed by atoms with Crippen molar-refractivity contribution in [3.63, 3.8) is 0 Å². The average molecular weight is 653 g/mol. The second kappa shape index (κ2) is 15.2. The molecule has 4 rings (SSSR count). The number of para-hydroxylation sites is 1. The van der Waals surface area contributed by atoms with E-state index in [0.29, 0.717) is 27.7 Å². The highest BCUT2D eigenvalue weighted by Gasteiger charge is 2.35. The van der Waals surface area contributed by atoms with Crippen LogP contribution in [0.2, 0.25) is 10.0 Å². The first kappa shape index (κ1) is 33.1. The summed E-state index contributed by atoms with van der Waals surface area (Å²) in [6.45, 7) is 3.31. The molecular formula is C34H35Cl2N3O4S. The molecule has 10 heteroatoms. The van der Waals surface area contributed by atoms with Crippen molar-refractivity contribution in [2.75, 3.05) is 10.8 Å². The van der Waals surface area contributed by atoms with Crippen molar-refractivity contribution >= 4 is 50.7 Å². The summed E-state index contributed by atoms with van der Waals surface area (Å²) in [4.78, 5) is 29.8. The molecule has 2 amide bonds. The van der Waals surface area contributed by atoms with Gasteiger partial charge in [0.25, 0.3) is 10.0 Å². The van der Waals surface area contributed by atoms with Crippen LogP contribution in [-0.2, 0) is 32.6 Å². The average Bonchev–Trinajstić information content (AvgIpc) is 3.04. The molecular weight excluding hydrogens is 617 g/mol. The number of carbonyl (C=O) groups excluding carboxylic acids is 2. The maximum Gasteiger partial charge on any atom is 0.264 e. The Labute approximate surface area is 269 Å². The van der Waals surface area contributed by atoms with Crippen LogP contribution < -0.4 is 9.62 Å². The summed E-state index contributed by atoms with van der Waals surface area (Å²) in [5.74, 6) is -0.895. The summed E-state index contributed by atoms with van der Waals surface area (Å²) in [7, 11) is -4.15. The molecule has 0 spiro atoms. The molecule has 0 aliphatic carbocycles. The van der Waals surface area contributed by atoms with Crippen LogP contribution in [0.3, 0.4) is 0 Å². The van der Waals surface area contributed by atoms with Gasteiger partial charge in [0.2, 0.25) is 11.8 Å². The summed E-state index contributed by atoms with van der Waals surface area (Å²) in [5, 5.41) is 3.68. The third-order valence-electron chi connectivity index (χ3n) is 7.26. The molecule has 230 valence electrons. The Balaban J connectivity index is 1.80. The third kappa shape index (κ3) is 8.40. The van der Waals surface area contributed by atoms with Gasteiger partial charge in [-0.25, -0.2) is 8.42 Å². The fourth-order valence-corrected chi connectivity index (χ4v) is 6.43. The first-order valence-corrected chi connectivity index (χ1v) is 16.5. The monoisotopic (exact) mass is 651 g/mol. The summed E-state index contributed by atoms with van der Waals surface area (Å²) in [5.41, 5.74) is 1.81. The van der Waals surface area contributed by atoms with Gasteiger partial charge in [0.1, 0.15) is 12.6 Å². The Bertz CT molecular complexity index is 1660.